The van der Waals surface area contributed by atoms with Crippen molar-refractivity contribution in [2.75, 3.05) is 26.8 Å². The van der Waals surface area contributed by atoms with Gasteiger partial charge in [-0.25, -0.2) is 4.98 Å². The van der Waals surface area contributed by atoms with Crippen molar-refractivity contribution in [3.05, 3.63) is 48.0 Å². The minimum atomic E-state index is -0.225. The largest absolute Gasteiger partial charge is 0.493 e. The Morgan fingerprint density at radius 3 is 2.67 bits per heavy atom. The number of carbonyl (C=O) groups excluding carboxylic acids is 2. The molecule has 0 aliphatic carbocycles. The van der Waals surface area contributed by atoms with Crippen molar-refractivity contribution in [2.24, 2.45) is 0 Å². The molecule has 160 valence electrons. The van der Waals surface area contributed by atoms with Gasteiger partial charge in [0, 0.05) is 37.9 Å². The normalized spacial score (nSPS) is 14.3. The Morgan fingerprint density at radius 2 is 2.00 bits per heavy atom. The van der Waals surface area contributed by atoms with Crippen molar-refractivity contribution in [3.63, 3.8) is 0 Å². The highest BCUT2D eigenvalue weighted by Gasteiger charge is 2.24. The number of benzene rings is 1. The Kier molecular flexibility index (Phi) is 7.59. The zero-order chi connectivity index (χ0) is 21.3. The van der Waals surface area contributed by atoms with E-state index in [1.165, 1.54) is 18.6 Å². The number of rotatable bonds is 8. The van der Waals surface area contributed by atoms with Crippen LogP contribution in [0.5, 0.6) is 11.5 Å². The average molecular weight is 412 g/mol. The van der Waals surface area contributed by atoms with Crippen LogP contribution in [0, 0.1) is 0 Å². The summed E-state index contributed by atoms with van der Waals surface area (Å²) in [4.78, 5) is 34.6. The molecule has 1 aliphatic heterocycles. The van der Waals surface area contributed by atoms with Gasteiger partial charge in [0.2, 0.25) is 5.91 Å². The molecular weight excluding hydrogens is 384 g/mol. The number of aromatic nitrogens is 2. The average Bonchev–Trinajstić information content (AvgIpc) is 2.79. The van der Waals surface area contributed by atoms with Crippen molar-refractivity contribution in [3.8, 4) is 11.5 Å². The number of methoxy groups -OCH3 is 1. The quantitative estimate of drug-likeness (QED) is 0.715. The van der Waals surface area contributed by atoms with Crippen molar-refractivity contribution in [1.82, 2.24) is 20.2 Å². The third-order valence-electron chi connectivity index (χ3n) is 5.13. The zero-order valence-electron chi connectivity index (χ0n) is 17.5. The molecule has 2 amide bonds. The molecule has 0 unspecified atom stereocenters. The number of hydrogen-bond acceptors (Lipinski definition) is 6. The number of aryl methyl sites for hydroxylation is 1. The molecule has 8 heteroatoms. The molecule has 0 radical (unpaired) electrons. The van der Waals surface area contributed by atoms with Crippen LogP contribution in [0.3, 0.4) is 0 Å². The molecular formula is C22H28N4O4. The van der Waals surface area contributed by atoms with Gasteiger partial charge >= 0.3 is 0 Å². The van der Waals surface area contributed by atoms with E-state index in [9.17, 15) is 9.59 Å². The summed E-state index contributed by atoms with van der Waals surface area (Å²) >= 11 is 0. The zero-order valence-corrected chi connectivity index (χ0v) is 17.5. The lowest BCUT2D eigenvalue weighted by molar-refractivity contribution is -0.132. The Bertz CT molecular complexity index is 851. The molecule has 0 atom stereocenters. The molecule has 30 heavy (non-hydrogen) atoms. The Hall–Kier alpha value is -3.16. The third-order valence-corrected chi connectivity index (χ3v) is 5.13. The number of likely N-dealkylation sites (tertiary alicyclic amines) is 1. The fraction of sp³-hybridized carbons (Fsp3) is 0.455. The Labute approximate surface area is 176 Å². The van der Waals surface area contributed by atoms with Gasteiger partial charge in [-0.1, -0.05) is 6.07 Å². The molecule has 0 spiro atoms. The fourth-order valence-corrected chi connectivity index (χ4v) is 3.50. The molecule has 1 N–H and O–H groups in total. The Balaban J connectivity index is 1.45. The summed E-state index contributed by atoms with van der Waals surface area (Å²) < 4.78 is 10.9. The van der Waals surface area contributed by atoms with Crippen LogP contribution in [0.4, 0.5) is 0 Å². The highest BCUT2D eigenvalue weighted by Crippen LogP contribution is 2.28. The van der Waals surface area contributed by atoms with Gasteiger partial charge in [-0.2, -0.15) is 0 Å². The lowest BCUT2D eigenvalue weighted by Gasteiger charge is -2.32. The molecule has 2 heterocycles. The van der Waals surface area contributed by atoms with Crippen LogP contribution in [0.2, 0.25) is 0 Å². The van der Waals surface area contributed by atoms with Crippen LogP contribution in [-0.4, -0.2) is 59.5 Å². The third kappa shape index (κ3) is 5.68. The first-order valence-electron chi connectivity index (χ1n) is 10.2. The number of carbonyl (C=O) groups is 2. The second kappa shape index (κ2) is 10.6. The number of ether oxygens (including phenoxy) is 2. The van der Waals surface area contributed by atoms with E-state index in [-0.39, 0.29) is 17.9 Å². The van der Waals surface area contributed by atoms with Gasteiger partial charge in [-0.15, -0.1) is 0 Å². The van der Waals surface area contributed by atoms with Crippen molar-refractivity contribution in [2.45, 2.75) is 38.6 Å². The maximum Gasteiger partial charge on any atom is 0.271 e. The SMILES string of the molecule is CCOc1ccc(CCC(=O)N2CCC(NC(=O)c3cnccn3)CC2)cc1OC. The van der Waals surface area contributed by atoms with Gasteiger partial charge in [0.15, 0.2) is 11.5 Å². The summed E-state index contributed by atoms with van der Waals surface area (Å²) in [6, 6.07) is 5.81. The van der Waals surface area contributed by atoms with E-state index in [1.54, 1.807) is 7.11 Å². The summed E-state index contributed by atoms with van der Waals surface area (Å²) in [6.07, 6.45) is 7.02. The lowest BCUT2D eigenvalue weighted by atomic mass is 10.0. The predicted octanol–water partition coefficient (Wildman–Crippen LogP) is 2.24. The minimum Gasteiger partial charge on any atom is -0.493 e. The van der Waals surface area contributed by atoms with Crippen LogP contribution >= 0.6 is 0 Å². The molecule has 1 aliphatic rings. The highest BCUT2D eigenvalue weighted by molar-refractivity contribution is 5.92. The Morgan fingerprint density at radius 1 is 1.20 bits per heavy atom. The number of nitrogens with zero attached hydrogens (tertiary/aromatic N) is 3. The predicted molar refractivity (Wildman–Crippen MR) is 112 cm³/mol. The van der Waals surface area contributed by atoms with Gasteiger partial charge in [0.25, 0.3) is 5.91 Å². The number of amides is 2. The number of hydrogen-bond donors (Lipinski definition) is 1. The van der Waals surface area contributed by atoms with Gasteiger partial charge in [-0.3, -0.25) is 14.6 Å². The van der Waals surface area contributed by atoms with E-state index in [0.29, 0.717) is 49.7 Å². The molecule has 8 nitrogen and oxygen atoms in total. The first kappa shape index (κ1) is 21.5. The monoisotopic (exact) mass is 412 g/mol. The smallest absolute Gasteiger partial charge is 0.271 e. The molecule has 1 saturated heterocycles. The summed E-state index contributed by atoms with van der Waals surface area (Å²) in [6.45, 7) is 3.77. The highest BCUT2D eigenvalue weighted by atomic mass is 16.5. The molecule has 1 aromatic heterocycles. The molecule has 1 fully saturated rings. The van der Waals surface area contributed by atoms with Crippen molar-refractivity contribution in [1.29, 1.82) is 0 Å². The number of nitrogens with one attached hydrogen (secondary N) is 1. The van der Waals surface area contributed by atoms with E-state index in [0.717, 1.165) is 18.4 Å². The molecule has 0 saturated carbocycles. The van der Waals surface area contributed by atoms with Crippen LogP contribution in [0.1, 0.15) is 42.2 Å². The second-order valence-electron chi connectivity index (χ2n) is 7.14. The molecule has 0 bridgehead atoms. The second-order valence-corrected chi connectivity index (χ2v) is 7.14. The maximum atomic E-state index is 12.6. The summed E-state index contributed by atoms with van der Waals surface area (Å²) in [5.74, 6) is 1.29. The van der Waals surface area contributed by atoms with Crippen LogP contribution in [-0.2, 0) is 11.2 Å². The van der Waals surface area contributed by atoms with Gasteiger partial charge in [0.1, 0.15) is 5.69 Å². The van der Waals surface area contributed by atoms with Crippen molar-refractivity contribution >= 4 is 11.8 Å². The summed E-state index contributed by atoms with van der Waals surface area (Å²) in [5, 5.41) is 2.98. The van der Waals surface area contributed by atoms with E-state index in [2.05, 4.69) is 15.3 Å². The summed E-state index contributed by atoms with van der Waals surface area (Å²) in [5.41, 5.74) is 1.34. The summed E-state index contributed by atoms with van der Waals surface area (Å²) in [7, 11) is 1.61. The topological polar surface area (TPSA) is 93.7 Å². The van der Waals surface area contributed by atoms with Crippen LogP contribution in [0.15, 0.2) is 36.8 Å². The van der Waals surface area contributed by atoms with Crippen LogP contribution < -0.4 is 14.8 Å². The molecule has 1 aromatic carbocycles. The first-order chi connectivity index (χ1) is 14.6. The maximum absolute atomic E-state index is 12.6. The van der Waals surface area contributed by atoms with Gasteiger partial charge in [0.05, 0.1) is 19.9 Å². The standard InChI is InChI=1S/C22H28N4O4/c1-3-30-19-6-4-16(14-20(19)29-2)5-7-21(27)26-12-8-17(9-13-26)25-22(28)18-15-23-10-11-24-18/h4,6,10-11,14-15,17H,3,5,7-9,12-13H2,1-2H3,(H,25,28). The van der Waals surface area contributed by atoms with Gasteiger partial charge in [-0.05, 0) is 43.9 Å². The lowest BCUT2D eigenvalue weighted by Crippen LogP contribution is -2.46. The van der Waals surface area contributed by atoms with E-state index < -0.39 is 0 Å². The van der Waals surface area contributed by atoms with E-state index in [4.69, 9.17) is 9.47 Å². The first-order valence-corrected chi connectivity index (χ1v) is 10.2. The van der Waals surface area contributed by atoms with Gasteiger partial charge < -0.3 is 19.7 Å². The van der Waals surface area contributed by atoms with E-state index in [1.807, 2.05) is 30.0 Å². The number of piperidine rings is 1. The molecule has 2 aromatic rings. The molecule has 3 rings (SSSR count). The van der Waals surface area contributed by atoms with Crippen LogP contribution in [0.25, 0.3) is 0 Å². The van der Waals surface area contributed by atoms with E-state index >= 15 is 0 Å². The fourth-order valence-electron chi connectivity index (χ4n) is 3.50. The minimum absolute atomic E-state index is 0.0407. The van der Waals surface area contributed by atoms with Crippen molar-refractivity contribution < 1.29 is 19.1 Å².